The largest absolute Gasteiger partial charge is 0.311 e. The molecular weight excluding hydrogens is 260 g/mol. The van der Waals surface area contributed by atoms with Crippen molar-refractivity contribution in [1.29, 1.82) is 0 Å². The monoisotopic (exact) mass is 290 g/mol. The van der Waals surface area contributed by atoms with Gasteiger partial charge in [0.25, 0.3) is 0 Å². The van der Waals surface area contributed by atoms with Gasteiger partial charge in [-0.05, 0) is 25.2 Å². The fraction of sp³-hybridized carbons (Fsp3) is 0.824. The van der Waals surface area contributed by atoms with Crippen molar-refractivity contribution in [3.63, 3.8) is 0 Å². The molecule has 1 aromatic heterocycles. The molecule has 1 aliphatic heterocycles. The van der Waals surface area contributed by atoms with E-state index < -0.39 is 0 Å². The van der Waals surface area contributed by atoms with Gasteiger partial charge in [0.2, 0.25) is 0 Å². The van der Waals surface area contributed by atoms with Crippen molar-refractivity contribution in [2.75, 3.05) is 13.1 Å². The number of aryl methyl sites for hydroxylation is 1. The Kier molecular flexibility index (Phi) is 4.96. The molecule has 2 fully saturated rings. The van der Waals surface area contributed by atoms with Gasteiger partial charge in [0.05, 0.1) is 6.20 Å². The zero-order valence-corrected chi connectivity index (χ0v) is 13.6. The lowest BCUT2D eigenvalue weighted by molar-refractivity contribution is 0.0873. The zero-order chi connectivity index (χ0) is 14.7. The first-order valence-electron chi connectivity index (χ1n) is 8.71. The number of rotatable bonds is 4. The van der Waals surface area contributed by atoms with Crippen LogP contribution in [0.5, 0.6) is 0 Å². The van der Waals surface area contributed by atoms with E-state index in [4.69, 9.17) is 0 Å². The van der Waals surface area contributed by atoms with Crippen molar-refractivity contribution in [3.05, 3.63) is 18.0 Å². The maximum Gasteiger partial charge on any atom is 0.0534 e. The van der Waals surface area contributed by atoms with Crippen LogP contribution in [0.4, 0.5) is 0 Å². The fourth-order valence-electron chi connectivity index (χ4n) is 4.12. The smallest absolute Gasteiger partial charge is 0.0534 e. The predicted octanol–water partition coefficient (Wildman–Crippen LogP) is 2.55. The molecule has 0 aromatic carbocycles. The number of hydrogen-bond donors (Lipinski definition) is 1. The Balaban J connectivity index is 1.63. The topological polar surface area (TPSA) is 33.1 Å². The number of nitrogens with zero attached hydrogens (tertiary/aromatic N) is 3. The average Bonchev–Trinajstić information content (AvgIpc) is 2.93. The summed E-state index contributed by atoms with van der Waals surface area (Å²) in [6.07, 6.45) is 12.6. The lowest BCUT2D eigenvalue weighted by Crippen LogP contribution is -2.58. The molecule has 1 aromatic rings. The molecule has 0 spiro atoms. The van der Waals surface area contributed by atoms with Gasteiger partial charge in [-0.2, -0.15) is 5.10 Å². The SMILES string of the molecule is CCC1CNC(C2CCCCC2)CN1Cc1cnn(C)c1. The molecule has 1 saturated carbocycles. The van der Waals surface area contributed by atoms with Gasteiger partial charge in [-0.15, -0.1) is 0 Å². The summed E-state index contributed by atoms with van der Waals surface area (Å²) in [6, 6.07) is 1.37. The standard InChI is InChI=1S/C17H30N4/c1-3-16-10-18-17(15-7-5-4-6-8-15)13-21(16)12-14-9-19-20(2)11-14/h9,11,15-18H,3-8,10,12-13H2,1-2H3. The lowest BCUT2D eigenvalue weighted by Gasteiger charge is -2.43. The molecule has 21 heavy (non-hydrogen) atoms. The molecule has 0 bridgehead atoms. The second-order valence-electron chi connectivity index (χ2n) is 6.93. The van der Waals surface area contributed by atoms with Gasteiger partial charge in [0.15, 0.2) is 0 Å². The van der Waals surface area contributed by atoms with Crippen molar-refractivity contribution in [1.82, 2.24) is 20.0 Å². The Morgan fingerprint density at radius 2 is 2.10 bits per heavy atom. The Bertz CT molecular complexity index is 436. The van der Waals surface area contributed by atoms with E-state index in [-0.39, 0.29) is 0 Å². The highest BCUT2D eigenvalue weighted by molar-refractivity contribution is 5.05. The predicted molar refractivity (Wildman–Crippen MR) is 86.1 cm³/mol. The van der Waals surface area contributed by atoms with Gasteiger partial charge in [-0.3, -0.25) is 9.58 Å². The molecule has 2 aliphatic rings. The zero-order valence-electron chi connectivity index (χ0n) is 13.6. The molecule has 1 aliphatic carbocycles. The molecule has 2 heterocycles. The number of hydrogen-bond acceptors (Lipinski definition) is 3. The van der Waals surface area contributed by atoms with Gasteiger partial charge in [0.1, 0.15) is 0 Å². The van der Waals surface area contributed by atoms with E-state index in [2.05, 4.69) is 28.4 Å². The third kappa shape index (κ3) is 3.67. The van der Waals surface area contributed by atoms with Crippen molar-refractivity contribution in [2.24, 2.45) is 13.0 Å². The first kappa shape index (κ1) is 15.0. The fourth-order valence-corrected chi connectivity index (χ4v) is 4.12. The average molecular weight is 290 g/mol. The second kappa shape index (κ2) is 6.93. The molecule has 0 amide bonds. The summed E-state index contributed by atoms with van der Waals surface area (Å²) in [4.78, 5) is 2.69. The Morgan fingerprint density at radius 1 is 1.29 bits per heavy atom. The third-order valence-electron chi connectivity index (χ3n) is 5.40. The Labute approximate surface area is 128 Å². The highest BCUT2D eigenvalue weighted by Crippen LogP contribution is 2.29. The van der Waals surface area contributed by atoms with E-state index in [9.17, 15) is 0 Å². The van der Waals surface area contributed by atoms with E-state index in [1.165, 1.54) is 50.6 Å². The van der Waals surface area contributed by atoms with E-state index in [1.54, 1.807) is 0 Å². The molecule has 4 nitrogen and oxygen atoms in total. The van der Waals surface area contributed by atoms with Crippen LogP contribution in [0.15, 0.2) is 12.4 Å². The lowest BCUT2D eigenvalue weighted by atomic mass is 9.82. The molecule has 4 heteroatoms. The molecule has 2 atom stereocenters. The summed E-state index contributed by atoms with van der Waals surface area (Å²) in [5.74, 6) is 0.896. The Hall–Kier alpha value is -0.870. The van der Waals surface area contributed by atoms with Gasteiger partial charge in [-0.25, -0.2) is 0 Å². The Morgan fingerprint density at radius 3 is 2.76 bits per heavy atom. The minimum absolute atomic E-state index is 0.671. The summed E-state index contributed by atoms with van der Waals surface area (Å²) in [5, 5.41) is 8.16. The highest BCUT2D eigenvalue weighted by atomic mass is 15.3. The van der Waals surface area contributed by atoms with Gasteiger partial charge < -0.3 is 5.32 Å². The second-order valence-corrected chi connectivity index (χ2v) is 6.93. The summed E-state index contributed by atoms with van der Waals surface area (Å²) < 4.78 is 1.91. The van der Waals surface area contributed by atoms with E-state index in [0.717, 1.165) is 19.0 Å². The summed E-state index contributed by atoms with van der Waals surface area (Å²) in [7, 11) is 2.00. The van der Waals surface area contributed by atoms with Crippen LogP contribution in [0, 0.1) is 5.92 Å². The first-order valence-corrected chi connectivity index (χ1v) is 8.71. The van der Waals surface area contributed by atoms with E-state index >= 15 is 0 Å². The maximum absolute atomic E-state index is 4.32. The van der Waals surface area contributed by atoms with Crippen LogP contribution in [-0.2, 0) is 13.6 Å². The van der Waals surface area contributed by atoms with Crippen LogP contribution in [0.3, 0.4) is 0 Å². The minimum Gasteiger partial charge on any atom is -0.311 e. The van der Waals surface area contributed by atoms with Gasteiger partial charge in [-0.1, -0.05) is 26.2 Å². The maximum atomic E-state index is 4.32. The molecular formula is C17H30N4. The minimum atomic E-state index is 0.671. The number of aromatic nitrogens is 2. The van der Waals surface area contributed by atoms with Crippen molar-refractivity contribution in [2.45, 2.75) is 64.1 Å². The van der Waals surface area contributed by atoms with Crippen molar-refractivity contribution in [3.8, 4) is 0 Å². The van der Waals surface area contributed by atoms with Crippen LogP contribution in [0.25, 0.3) is 0 Å². The molecule has 0 radical (unpaired) electrons. The van der Waals surface area contributed by atoms with Crippen molar-refractivity contribution >= 4 is 0 Å². The third-order valence-corrected chi connectivity index (χ3v) is 5.40. The number of nitrogens with one attached hydrogen (secondary N) is 1. The molecule has 2 unspecified atom stereocenters. The van der Waals surface area contributed by atoms with Crippen LogP contribution >= 0.6 is 0 Å². The number of piperazine rings is 1. The van der Waals surface area contributed by atoms with Gasteiger partial charge in [0, 0.05) is 50.5 Å². The molecule has 3 rings (SSSR count). The first-order chi connectivity index (χ1) is 10.3. The van der Waals surface area contributed by atoms with Crippen LogP contribution < -0.4 is 5.32 Å². The summed E-state index contributed by atoms with van der Waals surface area (Å²) in [5.41, 5.74) is 1.35. The summed E-state index contributed by atoms with van der Waals surface area (Å²) >= 11 is 0. The quantitative estimate of drug-likeness (QED) is 0.925. The highest BCUT2D eigenvalue weighted by Gasteiger charge is 2.32. The van der Waals surface area contributed by atoms with E-state index in [0.29, 0.717) is 12.1 Å². The van der Waals surface area contributed by atoms with Crippen LogP contribution in [0.1, 0.15) is 51.0 Å². The normalized spacial score (nSPS) is 28.9. The van der Waals surface area contributed by atoms with E-state index in [1.807, 2.05) is 17.9 Å². The molecule has 1 N–H and O–H groups in total. The van der Waals surface area contributed by atoms with Crippen molar-refractivity contribution < 1.29 is 0 Å². The molecule has 1 saturated heterocycles. The molecule has 118 valence electrons. The van der Waals surface area contributed by atoms with Gasteiger partial charge >= 0.3 is 0 Å². The van der Waals surface area contributed by atoms with Crippen LogP contribution in [0.2, 0.25) is 0 Å². The summed E-state index contributed by atoms with van der Waals surface area (Å²) in [6.45, 7) is 5.72. The van der Waals surface area contributed by atoms with Crippen LogP contribution in [-0.4, -0.2) is 39.9 Å².